The molecule has 0 N–H and O–H groups in total. The molecule has 1 fully saturated rings. The second-order valence-corrected chi connectivity index (χ2v) is 5.53. The molecular formula is C16H15BrO2. The van der Waals surface area contributed by atoms with E-state index < -0.39 is 5.79 Å². The van der Waals surface area contributed by atoms with Crippen molar-refractivity contribution in [2.75, 3.05) is 13.2 Å². The number of ether oxygens (including phenoxy) is 2. The third kappa shape index (κ3) is 2.73. The fourth-order valence-corrected chi connectivity index (χ4v) is 2.66. The maximum atomic E-state index is 5.93. The van der Waals surface area contributed by atoms with E-state index >= 15 is 0 Å². The summed E-state index contributed by atoms with van der Waals surface area (Å²) in [7, 11) is 0. The van der Waals surface area contributed by atoms with Crippen molar-refractivity contribution in [2.24, 2.45) is 0 Å². The minimum absolute atomic E-state index is 0.637. The van der Waals surface area contributed by atoms with Crippen LogP contribution < -0.4 is 0 Å². The van der Waals surface area contributed by atoms with Crippen LogP contribution in [0.15, 0.2) is 59.1 Å². The minimum atomic E-state index is -0.637. The fourth-order valence-electron chi connectivity index (χ4n) is 2.39. The smallest absolute Gasteiger partial charge is 0.199 e. The van der Waals surface area contributed by atoms with Crippen molar-refractivity contribution in [1.82, 2.24) is 0 Å². The fraction of sp³-hybridized carbons (Fsp3) is 0.250. The summed E-state index contributed by atoms with van der Waals surface area (Å²) in [4.78, 5) is 0. The van der Waals surface area contributed by atoms with Gasteiger partial charge in [-0.25, -0.2) is 0 Å². The van der Waals surface area contributed by atoms with E-state index in [1.54, 1.807) is 0 Å². The molecule has 0 bridgehead atoms. The molecule has 0 saturated carbocycles. The van der Waals surface area contributed by atoms with Gasteiger partial charge in [0, 0.05) is 16.5 Å². The third-order valence-electron chi connectivity index (χ3n) is 3.32. The Balaban J connectivity index is 1.93. The molecule has 0 atom stereocenters. The van der Waals surface area contributed by atoms with Gasteiger partial charge in [0.2, 0.25) is 0 Å². The Bertz CT molecular complexity index is 530. The van der Waals surface area contributed by atoms with Gasteiger partial charge >= 0.3 is 0 Å². The third-order valence-corrected chi connectivity index (χ3v) is 3.85. The van der Waals surface area contributed by atoms with Crippen LogP contribution in [-0.4, -0.2) is 13.2 Å². The predicted octanol–water partition coefficient (Wildman–Crippen LogP) is 3.89. The molecule has 2 aromatic carbocycles. The van der Waals surface area contributed by atoms with Crippen LogP contribution in [0.5, 0.6) is 0 Å². The van der Waals surface area contributed by atoms with Crippen molar-refractivity contribution in [1.29, 1.82) is 0 Å². The highest BCUT2D eigenvalue weighted by atomic mass is 79.9. The van der Waals surface area contributed by atoms with Crippen molar-refractivity contribution in [3.05, 3.63) is 70.2 Å². The van der Waals surface area contributed by atoms with Crippen molar-refractivity contribution in [3.63, 3.8) is 0 Å². The standard InChI is InChI=1S/C16H15BrO2/c17-15-8-6-14(7-9-15)16(18-10-11-19-16)12-13-4-2-1-3-5-13/h1-9H,10-12H2. The van der Waals surface area contributed by atoms with Gasteiger partial charge in [-0.3, -0.25) is 0 Å². The molecule has 1 aliphatic rings. The first-order valence-electron chi connectivity index (χ1n) is 6.36. The summed E-state index contributed by atoms with van der Waals surface area (Å²) >= 11 is 3.46. The van der Waals surface area contributed by atoms with E-state index in [0.29, 0.717) is 13.2 Å². The Morgan fingerprint density at radius 3 is 2.16 bits per heavy atom. The first kappa shape index (κ1) is 12.9. The van der Waals surface area contributed by atoms with Gasteiger partial charge in [-0.2, -0.15) is 0 Å². The van der Waals surface area contributed by atoms with Gasteiger partial charge in [-0.05, 0) is 17.7 Å². The van der Waals surface area contributed by atoms with Crippen molar-refractivity contribution >= 4 is 15.9 Å². The average molecular weight is 319 g/mol. The lowest BCUT2D eigenvalue weighted by Crippen LogP contribution is -2.29. The van der Waals surface area contributed by atoms with Crippen molar-refractivity contribution in [3.8, 4) is 0 Å². The first-order valence-corrected chi connectivity index (χ1v) is 7.16. The maximum absolute atomic E-state index is 5.93. The Morgan fingerprint density at radius 2 is 1.53 bits per heavy atom. The molecule has 19 heavy (non-hydrogen) atoms. The van der Waals surface area contributed by atoms with Crippen LogP contribution in [0.25, 0.3) is 0 Å². The minimum Gasteiger partial charge on any atom is -0.343 e. The van der Waals surface area contributed by atoms with E-state index in [2.05, 4.69) is 40.2 Å². The number of hydrogen-bond acceptors (Lipinski definition) is 2. The Labute approximate surface area is 121 Å². The van der Waals surface area contributed by atoms with Crippen LogP contribution in [-0.2, 0) is 21.7 Å². The molecule has 0 spiro atoms. The summed E-state index contributed by atoms with van der Waals surface area (Å²) in [5.41, 5.74) is 2.28. The Kier molecular flexibility index (Phi) is 3.69. The van der Waals surface area contributed by atoms with Gasteiger partial charge in [0.1, 0.15) is 0 Å². The van der Waals surface area contributed by atoms with Crippen LogP contribution in [0.3, 0.4) is 0 Å². The second-order valence-electron chi connectivity index (χ2n) is 4.62. The molecule has 1 heterocycles. The van der Waals surface area contributed by atoms with Gasteiger partial charge < -0.3 is 9.47 Å². The highest BCUT2D eigenvalue weighted by molar-refractivity contribution is 9.10. The number of rotatable bonds is 3. The van der Waals surface area contributed by atoms with Gasteiger partial charge in [-0.1, -0.05) is 58.4 Å². The molecule has 3 heteroatoms. The largest absolute Gasteiger partial charge is 0.343 e. The monoisotopic (exact) mass is 318 g/mol. The second kappa shape index (κ2) is 5.45. The van der Waals surface area contributed by atoms with Crippen molar-refractivity contribution < 1.29 is 9.47 Å². The van der Waals surface area contributed by atoms with Gasteiger partial charge in [0.15, 0.2) is 5.79 Å². The van der Waals surface area contributed by atoms with Crippen molar-refractivity contribution in [2.45, 2.75) is 12.2 Å². The lowest BCUT2D eigenvalue weighted by Gasteiger charge is -2.28. The molecule has 3 rings (SSSR count). The quantitative estimate of drug-likeness (QED) is 0.854. The van der Waals surface area contributed by atoms with Crippen LogP contribution in [0.2, 0.25) is 0 Å². The molecule has 1 aliphatic heterocycles. The molecule has 0 aliphatic carbocycles. The van der Waals surface area contributed by atoms with Gasteiger partial charge in [0.25, 0.3) is 0 Å². The number of halogens is 1. The number of benzene rings is 2. The van der Waals surface area contributed by atoms with Crippen LogP contribution in [0.1, 0.15) is 11.1 Å². The van der Waals surface area contributed by atoms with E-state index in [1.165, 1.54) is 5.56 Å². The molecule has 0 aromatic heterocycles. The van der Waals surface area contributed by atoms with Crippen LogP contribution >= 0.6 is 15.9 Å². The van der Waals surface area contributed by atoms with Crippen LogP contribution in [0, 0.1) is 0 Å². The molecule has 0 unspecified atom stereocenters. The van der Waals surface area contributed by atoms with E-state index in [0.717, 1.165) is 16.5 Å². The maximum Gasteiger partial charge on any atom is 0.199 e. The van der Waals surface area contributed by atoms with E-state index in [1.807, 2.05) is 30.3 Å². The molecule has 2 nitrogen and oxygen atoms in total. The molecule has 2 aromatic rings. The average Bonchev–Trinajstić information content (AvgIpc) is 2.90. The predicted molar refractivity (Wildman–Crippen MR) is 77.9 cm³/mol. The molecular weight excluding hydrogens is 304 g/mol. The molecule has 0 amide bonds. The topological polar surface area (TPSA) is 18.5 Å². The summed E-state index contributed by atoms with van der Waals surface area (Å²) in [5, 5.41) is 0. The first-order chi connectivity index (χ1) is 9.28. The molecule has 98 valence electrons. The highest BCUT2D eigenvalue weighted by Crippen LogP contribution is 2.35. The lowest BCUT2D eigenvalue weighted by molar-refractivity contribution is -0.164. The summed E-state index contributed by atoms with van der Waals surface area (Å²) in [6.07, 6.45) is 0.732. The summed E-state index contributed by atoms with van der Waals surface area (Å²) in [6.45, 7) is 1.28. The normalized spacial score (nSPS) is 17.5. The summed E-state index contributed by atoms with van der Waals surface area (Å²) < 4.78 is 12.9. The van der Waals surface area contributed by atoms with Gasteiger partial charge in [-0.15, -0.1) is 0 Å². The Hall–Kier alpha value is -1.16. The molecule has 1 saturated heterocycles. The zero-order chi connectivity index (χ0) is 13.1. The van der Waals surface area contributed by atoms with Crippen LogP contribution in [0.4, 0.5) is 0 Å². The summed E-state index contributed by atoms with van der Waals surface area (Å²) in [5.74, 6) is -0.637. The Morgan fingerprint density at radius 1 is 0.895 bits per heavy atom. The number of hydrogen-bond donors (Lipinski definition) is 0. The lowest BCUT2D eigenvalue weighted by atomic mass is 9.97. The SMILES string of the molecule is Brc1ccc(C2(Cc3ccccc3)OCCO2)cc1. The summed E-state index contributed by atoms with van der Waals surface area (Å²) in [6, 6.07) is 18.5. The van der Waals surface area contributed by atoms with E-state index in [-0.39, 0.29) is 0 Å². The highest BCUT2D eigenvalue weighted by Gasteiger charge is 2.38. The zero-order valence-corrected chi connectivity index (χ0v) is 12.1. The van der Waals surface area contributed by atoms with E-state index in [9.17, 15) is 0 Å². The van der Waals surface area contributed by atoms with E-state index in [4.69, 9.17) is 9.47 Å². The zero-order valence-electron chi connectivity index (χ0n) is 10.5. The van der Waals surface area contributed by atoms with Gasteiger partial charge in [0.05, 0.1) is 13.2 Å². The molecule has 0 radical (unpaired) electrons.